The van der Waals surface area contributed by atoms with Gasteiger partial charge in [-0.3, -0.25) is 14.5 Å². The fourth-order valence-corrected chi connectivity index (χ4v) is 5.68. The lowest BCUT2D eigenvalue weighted by atomic mass is 9.85. The van der Waals surface area contributed by atoms with E-state index in [1.54, 1.807) is 11.2 Å². The summed E-state index contributed by atoms with van der Waals surface area (Å²) in [4.78, 5) is 31.8. The van der Waals surface area contributed by atoms with E-state index in [9.17, 15) is 9.59 Å². The van der Waals surface area contributed by atoms with E-state index in [4.69, 9.17) is 9.15 Å². The number of furan rings is 1. The van der Waals surface area contributed by atoms with Gasteiger partial charge in [-0.2, -0.15) is 0 Å². The zero-order chi connectivity index (χ0) is 23.7. The summed E-state index contributed by atoms with van der Waals surface area (Å²) in [6.45, 7) is 8.88. The minimum Gasteiger partial charge on any atom is -0.463 e. The maximum atomic E-state index is 13.9. The molecule has 2 aliphatic heterocycles. The normalized spacial score (nSPS) is 28.1. The fourth-order valence-electron chi connectivity index (χ4n) is 5.68. The highest BCUT2D eigenvalue weighted by Crippen LogP contribution is 2.34. The van der Waals surface area contributed by atoms with Gasteiger partial charge in [-0.05, 0) is 49.9 Å². The van der Waals surface area contributed by atoms with Crippen molar-refractivity contribution in [3.05, 3.63) is 36.2 Å². The number of nitrogens with zero attached hydrogens (tertiary/aromatic N) is 3. The number of ether oxygens (including phenoxy) is 1. The van der Waals surface area contributed by atoms with Gasteiger partial charge in [0.15, 0.2) is 0 Å². The van der Waals surface area contributed by atoms with Crippen molar-refractivity contribution in [3.63, 3.8) is 0 Å². The van der Waals surface area contributed by atoms with Gasteiger partial charge in [-0.1, -0.05) is 19.8 Å². The Bertz CT molecular complexity index is 1010. The van der Waals surface area contributed by atoms with Crippen LogP contribution in [-0.2, 0) is 16.1 Å². The number of rotatable bonds is 6. The van der Waals surface area contributed by atoms with Crippen molar-refractivity contribution in [2.75, 3.05) is 39.4 Å². The van der Waals surface area contributed by atoms with E-state index in [1.807, 2.05) is 35.8 Å². The lowest BCUT2D eigenvalue weighted by Gasteiger charge is -2.46. The third-order valence-corrected chi connectivity index (χ3v) is 7.94. The molecule has 2 aromatic heterocycles. The molecule has 1 aliphatic carbocycles. The van der Waals surface area contributed by atoms with Crippen LogP contribution in [-0.4, -0.2) is 77.2 Å². The summed E-state index contributed by atoms with van der Waals surface area (Å²) in [6.07, 6.45) is 6.11. The predicted molar refractivity (Wildman–Crippen MR) is 128 cm³/mol. The molecule has 8 nitrogen and oxygen atoms in total. The molecule has 0 aromatic carbocycles. The number of carbonyl (C=O) groups is 2. The van der Waals surface area contributed by atoms with Crippen molar-refractivity contribution in [2.24, 2.45) is 5.92 Å². The Hall–Kier alpha value is -2.58. The molecule has 184 valence electrons. The summed E-state index contributed by atoms with van der Waals surface area (Å²) in [5, 5.41) is 3.34. The van der Waals surface area contributed by atoms with Crippen LogP contribution in [0.5, 0.6) is 0 Å². The molecule has 0 spiro atoms. The average Bonchev–Trinajstić information content (AvgIpc) is 3.51. The molecule has 2 fully saturated rings. The Morgan fingerprint density at radius 3 is 2.62 bits per heavy atom. The predicted octanol–water partition coefficient (Wildman–Crippen LogP) is 2.99. The maximum Gasteiger partial charge on any atom is 0.271 e. The Balaban J connectivity index is 1.44. The van der Waals surface area contributed by atoms with E-state index in [0.717, 1.165) is 44.6 Å². The van der Waals surface area contributed by atoms with Crippen molar-refractivity contribution >= 4 is 11.8 Å². The van der Waals surface area contributed by atoms with Crippen molar-refractivity contribution in [1.29, 1.82) is 0 Å². The molecule has 2 aromatic rings. The summed E-state index contributed by atoms with van der Waals surface area (Å²) in [5.74, 6) is 0.977. The zero-order valence-electron chi connectivity index (χ0n) is 20.3. The number of morpholine rings is 1. The number of hydrogen-bond donors (Lipinski definition) is 1. The lowest BCUT2D eigenvalue weighted by molar-refractivity contribution is -0.134. The van der Waals surface area contributed by atoms with E-state index in [0.29, 0.717) is 43.7 Å². The van der Waals surface area contributed by atoms with E-state index < -0.39 is 5.54 Å². The second-order valence-electron chi connectivity index (χ2n) is 10.2. The fraction of sp³-hybridized carbons (Fsp3) is 0.615. The number of fused-ring (bicyclic) bond motifs is 1. The first-order valence-corrected chi connectivity index (χ1v) is 12.6. The van der Waals surface area contributed by atoms with Gasteiger partial charge in [0.1, 0.15) is 17.0 Å². The van der Waals surface area contributed by atoms with Gasteiger partial charge in [0, 0.05) is 32.2 Å². The number of nitrogens with one attached hydrogen (secondary N) is 1. The number of carbonyl (C=O) groups excluding carboxylic acids is 2. The van der Waals surface area contributed by atoms with Crippen LogP contribution < -0.4 is 5.32 Å². The molecule has 8 heteroatoms. The third-order valence-electron chi connectivity index (χ3n) is 7.94. The average molecular weight is 469 g/mol. The summed E-state index contributed by atoms with van der Waals surface area (Å²) in [7, 11) is 0. The SMILES string of the molecule is CC1CCCCC1NC(=O)C1(C)Cn2c(ccc2-c2ccco2)C(=O)N1CCN1CCOCC1. The largest absolute Gasteiger partial charge is 0.463 e. The first-order valence-electron chi connectivity index (χ1n) is 12.6. The van der Waals surface area contributed by atoms with Gasteiger partial charge in [-0.25, -0.2) is 0 Å². The summed E-state index contributed by atoms with van der Waals surface area (Å²) >= 11 is 0. The van der Waals surface area contributed by atoms with Crippen molar-refractivity contribution in [2.45, 2.75) is 57.7 Å². The van der Waals surface area contributed by atoms with Crippen LogP contribution >= 0.6 is 0 Å². The van der Waals surface area contributed by atoms with Crippen LogP contribution in [0.1, 0.15) is 50.0 Å². The molecule has 3 aliphatic rings. The minimum atomic E-state index is -0.992. The van der Waals surface area contributed by atoms with Crippen LogP contribution in [0.3, 0.4) is 0 Å². The lowest BCUT2D eigenvalue weighted by Crippen LogP contribution is -2.66. The van der Waals surface area contributed by atoms with Gasteiger partial charge in [0.2, 0.25) is 5.91 Å². The molecule has 1 saturated heterocycles. The van der Waals surface area contributed by atoms with E-state index in [1.165, 1.54) is 6.42 Å². The molecule has 5 rings (SSSR count). The molecule has 4 heterocycles. The molecule has 1 saturated carbocycles. The van der Waals surface area contributed by atoms with E-state index in [-0.39, 0.29) is 17.9 Å². The van der Waals surface area contributed by atoms with E-state index >= 15 is 0 Å². The molecule has 1 N–H and O–H groups in total. The molecular formula is C26H36N4O4. The standard InChI is InChI=1S/C26H36N4O4/c1-19-6-3-4-7-20(19)27-25(32)26(2)18-29-21(23-8-5-15-34-23)9-10-22(29)24(31)30(26)12-11-28-13-16-33-17-14-28/h5,8-10,15,19-20H,3-4,6-7,11-14,16-18H2,1-2H3,(H,27,32). The molecule has 0 radical (unpaired) electrons. The third kappa shape index (κ3) is 4.29. The second-order valence-corrected chi connectivity index (χ2v) is 10.2. The van der Waals surface area contributed by atoms with Crippen LogP contribution in [0, 0.1) is 5.92 Å². The quantitative estimate of drug-likeness (QED) is 0.705. The Morgan fingerprint density at radius 1 is 1.12 bits per heavy atom. The van der Waals surface area contributed by atoms with E-state index in [2.05, 4.69) is 17.1 Å². The molecule has 34 heavy (non-hydrogen) atoms. The molecule has 2 amide bonds. The van der Waals surface area contributed by atoms with Crippen LogP contribution in [0.25, 0.3) is 11.5 Å². The van der Waals surface area contributed by atoms with Crippen molar-refractivity contribution < 1.29 is 18.7 Å². The summed E-state index contributed by atoms with van der Waals surface area (Å²) < 4.78 is 13.1. The van der Waals surface area contributed by atoms with Crippen molar-refractivity contribution in [3.8, 4) is 11.5 Å². The van der Waals surface area contributed by atoms with Crippen LogP contribution in [0.2, 0.25) is 0 Å². The van der Waals surface area contributed by atoms with Gasteiger partial charge >= 0.3 is 0 Å². The van der Waals surface area contributed by atoms with Gasteiger partial charge < -0.3 is 23.9 Å². The maximum absolute atomic E-state index is 13.9. The Labute approximate surface area is 201 Å². The first kappa shape index (κ1) is 23.2. The zero-order valence-corrected chi connectivity index (χ0v) is 20.3. The van der Waals surface area contributed by atoms with Crippen LogP contribution in [0.15, 0.2) is 34.9 Å². The number of amides is 2. The smallest absolute Gasteiger partial charge is 0.271 e. The number of hydrogen-bond acceptors (Lipinski definition) is 5. The minimum absolute atomic E-state index is 0.0636. The van der Waals surface area contributed by atoms with Crippen LogP contribution in [0.4, 0.5) is 0 Å². The summed E-state index contributed by atoms with van der Waals surface area (Å²) in [5.41, 5.74) is 0.435. The molecular weight excluding hydrogens is 432 g/mol. The van der Waals surface area contributed by atoms with Gasteiger partial charge in [-0.15, -0.1) is 0 Å². The highest BCUT2D eigenvalue weighted by molar-refractivity contribution is 6.00. The van der Waals surface area contributed by atoms with Crippen molar-refractivity contribution in [1.82, 2.24) is 19.7 Å². The summed E-state index contributed by atoms with van der Waals surface area (Å²) in [6, 6.07) is 7.65. The highest BCUT2D eigenvalue weighted by Gasteiger charge is 2.48. The van der Waals surface area contributed by atoms with Gasteiger partial charge in [0.25, 0.3) is 5.91 Å². The highest BCUT2D eigenvalue weighted by atomic mass is 16.5. The number of aromatic nitrogens is 1. The Kier molecular flexibility index (Phi) is 6.53. The topological polar surface area (TPSA) is 80.0 Å². The second kappa shape index (κ2) is 9.58. The molecule has 0 bridgehead atoms. The first-order chi connectivity index (χ1) is 16.5. The molecule has 3 unspecified atom stereocenters. The Morgan fingerprint density at radius 2 is 1.88 bits per heavy atom. The monoisotopic (exact) mass is 468 g/mol. The molecule has 3 atom stereocenters. The van der Waals surface area contributed by atoms with Gasteiger partial charge in [0.05, 0.1) is 31.7 Å².